The average Bonchev–Trinajstić information content (AvgIpc) is 3.53. The molecule has 3 amide bonds. The second-order valence-electron chi connectivity index (χ2n) is 14.4. The first kappa shape index (κ1) is 37.1. The monoisotopic (exact) mass is 757 g/mol. The molecule has 3 N–H and O–H groups in total. The van der Waals surface area contributed by atoms with E-state index in [9.17, 15) is 37.5 Å². The summed E-state index contributed by atoms with van der Waals surface area (Å²) >= 11 is 7.12. The van der Waals surface area contributed by atoms with Crippen molar-refractivity contribution < 1.29 is 37.5 Å². The van der Waals surface area contributed by atoms with Crippen LogP contribution in [0.4, 0.5) is 8.78 Å². The first-order chi connectivity index (χ1) is 23.9. The number of nitrogens with zero attached hydrogens (tertiary/aromatic N) is 2. The number of thiophene rings is 1. The normalized spacial score (nSPS) is 19.1. The molecule has 3 atom stereocenters. The van der Waals surface area contributed by atoms with E-state index < -0.39 is 48.1 Å². The highest BCUT2D eigenvalue weighted by Gasteiger charge is 2.50. The van der Waals surface area contributed by atoms with Crippen molar-refractivity contribution >= 4 is 58.3 Å². The molecule has 1 aromatic heterocycles. The van der Waals surface area contributed by atoms with E-state index in [0.717, 1.165) is 53.0 Å². The molecule has 51 heavy (non-hydrogen) atoms. The third kappa shape index (κ3) is 7.62. The smallest absolute Gasteiger partial charge is 0.340 e. The number of amides is 3. The summed E-state index contributed by atoms with van der Waals surface area (Å²) in [5, 5.41) is 3.71. The van der Waals surface area contributed by atoms with Crippen LogP contribution in [-0.2, 0) is 32.8 Å². The van der Waals surface area contributed by atoms with Gasteiger partial charge in [-0.15, -0.1) is 11.3 Å². The predicted molar refractivity (Wildman–Crippen MR) is 193 cm³/mol. The van der Waals surface area contributed by atoms with Gasteiger partial charge >= 0.3 is 13.3 Å². The van der Waals surface area contributed by atoms with E-state index in [2.05, 4.69) is 5.32 Å². The summed E-state index contributed by atoms with van der Waals surface area (Å²) in [7, 11) is -5.79. The minimum atomic E-state index is -5.79. The SMILES string of the molecule is CC(C)(C)[C@H](NC(=O)c1cc2cc(C(F)(F)P(=O)(O)O)ccc2s1)C(=O)N1Cc2ccccc2C[C@H]1C(=O)N1CCCC(c2ccc(Cl)cc2)C1. The molecular formula is C37H39ClF2N3O6PS. The lowest BCUT2D eigenvalue weighted by molar-refractivity contribution is -0.150. The molecule has 0 spiro atoms. The van der Waals surface area contributed by atoms with Crippen molar-refractivity contribution in [2.45, 2.75) is 70.2 Å². The van der Waals surface area contributed by atoms with E-state index in [-0.39, 0.29) is 28.6 Å². The fraction of sp³-hybridized carbons (Fsp3) is 0.378. The number of benzene rings is 3. The highest BCUT2D eigenvalue weighted by Crippen LogP contribution is 2.59. The van der Waals surface area contributed by atoms with Crippen molar-refractivity contribution in [3.05, 3.63) is 105 Å². The molecule has 270 valence electrons. The zero-order valence-corrected chi connectivity index (χ0v) is 30.8. The minimum Gasteiger partial charge on any atom is -0.340 e. The van der Waals surface area contributed by atoms with E-state index in [1.807, 2.05) is 74.2 Å². The third-order valence-corrected chi connectivity index (χ3v) is 12.1. The van der Waals surface area contributed by atoms with Gasteiger partial charge in [0.15, 0.2) is 0 Å². The van der Waals surface area contributed by atoms with E-state index >= 15 is 0 Å². The maximum atomic E-state index is 14.6. The summed E-state index contributed by atoms with van der Waals surface area (Å²) in [4.78, 5) is 64.7. The summed E-state index contributed by atoms with van der Waals surface area (Å²) in [5.74, 6) is -1.06. The fourth-order valence-electron chi connectivity index (χ4n) is 6.90. The quantitative estimate of drug-likeness (QED) is 0.170. The highest BCUT2D eigenvalue weighted by molar-refractivity contribution is 7.52. The predicted octanol–water partition coefficient (Wildman–Crippen LogP) is 7.29. The number of hydrogen-bond donors (Lipinski definition) is 3. The molecule has 0 saturated carbocycles. The second-order valence-corrected chi connectivity index (χ2v) is 17.5. The van der Waals surface area contributed by atoms with Crippen LogP contribution in [0, 0.1) is 5.41 Å². The van der Waals surface area contributed by atoms with Crippen LogP contribution in [0.25, 0.3) is 10.1 Å². The lowest BCUT2D eigenvalue weighted by atomic mass is 9.84. The lowest BCUT2D eigenvalue weighted by Crippen LogP contribution is -2.61. The van der Waals surface area contributed by atoms with Gasteiger partial charge in [-0.2, -0.15) is 8.78 Å². The number of nitrogens with one attached hydrogen (secondary N) is 1. The molecule has 1 saturated heterocycles. The Balaban J connectivity index is 1.27. The van der Waals surface area contributed by atoms with Crippen LogP contribution in [0.1, 0.15) is 71.5 Å². The molecule has 3 heterocycles. The molecule has 1 fully saturated rings. The van der Waals surface area contributed by atoms with Crippen molar-refractivity contribution in [3.63, 3.8) is 0 Å². The zero-order chi connectivity index (χ0) is 36.9. The van der Waals surface area contributed by atoms with Crippen molar-refractivity contribution in [1.29, 1.82) is 0 Å². The van der Waals surface area contributed by atoms with Gasteiger partial charge in [-0.1, -0.05) is 74.8 Å². The Morgan fingerprint density at radius 1 is 1.00 bits per heavy atom. The molecule has 3 aromatic carbocycles. The summed E-state index contributed by atoms with van der Waals surface area (Å²) in [6, 6.07) is 18.0. The van der Waals surface area contributed by atoms with Crippen LogP contribution < -0.4 is 5.32 Å². The molecule has 0 aliphatic carbocycles. The van der Waals surface area contributed by atoms with Crippen molar-refractivity contribution in [1.82, 2.24) is 15.1 Å². The minimum absolute atomic E-state index is 0.127. The standard InChI is InChI=1S/C37H39ClF2N3O6PS/c1-36(2,3)32(41-33(44)31-19-26-17-27(12-15-30(26)51-31)37(39,40)50(47,48)49)35(46)43-21-25-8-5-4-7-23(25)18-29(43)34(45)42-16-6-9-24(20-42)22-10-13-28(38)14-11-22/h4-5,7-8,10-15,17,19,24,29,32H,6,9,16,18,20-21H2,1-3H3,(H,41,44)(H2,47,48,49)/t24?,29-,32+/m0/s1. The largest absolute Gasteiger partial charge is 0.399 e. The molecule has 0 bridgehead atoms. The number of piperidine rings is 1. The zero-order valence-electron chi connectivity index (χ0n) is 28.3. The number of fused-ring (bicyclic) bond motifs is 2. The number of carbonyl (C=O) groups is 3. The van der Waals surface area contributed by atoms with Crippen LogP contribution in [0.2, 0.25) is 5.02 Å². The van der Waals surface area contributed by atoms with Crippen LogP contribution in [0.5, 0.6) is 0 Å². The van der Waals surface area contributed by atoms with Gasteiger partial charge in [0.2, 0.25) is 11.8 Å². The second kappa shape index (κ2) is 14.0. The molecule has 2 aliphatic heterocycles. The fourth-order valence-corrected chi connectivity index (χ4v) is 8.45. The Hall–Kier alpha value is -3.67. The van der Waals surface area contributed by atoms with E-state index in [1.54, 1.807) is 4.90 Å². The molecule has 0 radical (unpaired) electrons. The number of carbonyl (C=O) groups excluding carboxylic acids is 3. The van der Waals surface area contributed by atoms with E-state index in [4.69, 9.17) is 11.6 Å². The van der Waals surface area contributed by atoms with Crippen LogP contribution in [-0.4, -0.2) is 62.5 Å². The van der Waals surface area contributed by atoms with Crippen molar-refractivity contribution in [3.8, 4) is 0 Å². The number of halogens is 3. The number of hydrogen-bond acceptors (Lipinski definition) is 5. The Morgan fingerprint density at radius 2 is 1.69 bits per heavy atom. The first-order valence-electron chi connectivity index (χ1n) is 16.6. The topological polar surface area (TPSA) is 127 Å². The third-order valence-electron chi connectivity index (χ3n) is 9.73. The van der Waals surface area contributed by atoms with Gasteiger partial charge < -0.3 is 24.9 Å². The van der Waals surface area contributed by atoms with Gasteiger partial charge in [-0.3, -0.25) is 18.9 Å². The van der Waals surface area contributed by atoms with Gasteiger partial charge in [0.25, 0.3) is 5.91 Å². The summed E-state index contributed by atoms with van der Waals surface area (Å²) in [5.41, 5.74) is -3.07. The first-order valence-corrected chi connectivity index (χ1v) is 19.4. The van der Waals surface area contributed by atoms with Gasteiger partial charge in [0.1, 0.15) is 12.1 Å². The molecule has 2 aliphatic rings. The molecule has 4 aromatic rings. The Bertz CT molecular complexity index is 2030. The Labute approximate surface area is 303 Å². The maximum absolute atomic E-state index is 14.6. The lowest BCUT2D eigenvalue weighted by Gasteiger charge is -2.43. The van der Waals surface area contributed by atoms with Crippen molar-refractivity contribution in [2.24, 2.45) is 5.41 Å². The van der Waals surface area contributed by atoms with Crippen LogP contribution in [0.15, 0.2) is 72.8 Å². The molecule has 9 nitrogen and oxygen atoms in total. The molecular weight excluding hydrogens is 719 g/mol. The highest BCUT2D eigenvalue weighted by atomic mass is 35.5. The number of alkyl halides is 2. The van der Waals surface area contributed by atoms with Gasteiger partial charge in [0.05, 0.1) is 4.88 Å². The van der Waals surface area contributed by atoms with Crippen LogP contribution >= 0.6 is 30.5 Å². The van der Waals surface area contributed by atoms with E-state index in [0.29, 0.717) is 29.2 Å². The summed E-state index contributed by atoms with van der Waals surface area (Å²) in [6.45, 7) is 6.69. The van der Waals surface area contributed by atoms with Crippen molar-refractivity contribution in [2.75, 3.05) is 13.1 Å². The number of likely N-dealkylation sites (tertiary alicyclic amines) is 1. The van der Waals surface area contributed by atoms with E-state index in [1.165, 1.54) is 12.1 Å². The molecule has 14 heteroatoms. The van der Waals surface area contributed by atoms with Crippen LogP contribution in [0.3, 0.4) is 0 Å². The van der Waals surface area contributed by atoms with Gasteiger partial charge in [-0.05, 0) is 70.7 Å². The average molecular weight is 758 g/mol. The Kier molecular flexibility index (Phi) is 10.2. The van der Waals surface area contributed by atoms with Gasteiger partial charge in [-0.25, -0.2) is 0 Å². The maximum Gasteiger partial charge on any atom is 0.399 e. The summed E-state index contributed by atoms with van der Waals surface area (Å²) in [6.07, 6.45) is 2.06. The summed E-state index contributed by atoms with van der Waals surface area (Å²) < 4.78 is 40.7. The number of rotatable bonds is 7. The van der Waals surface area contributed by atoms with Gasteiger partial charge in [0, 0.05) is 47.3 Å². The molecule has 6 rings (SSSR count). The Morgan fingerprint density at radius 3 is 2.35 bits per heavy atom. The molecule has 1 unspecified atom stereocenters.